The van der Waals surface area contributed by atoms with E-state index >= 15 is 0 Å². The van der Waals surface area contributed by atoms with Crippen LogP contribution >= 0.6 is 24.2 Å². The van der Waals surface area contributed by atoms with Gasteiger partial charge in [0.2, 0.25) is 0 Å². The van der Waals surface area contributed by atoms with E-state index in [1.165, 1.54) is 29.5 Å². The minimum absolute atomic E-state index is 0. The van der Waals surface area contributed by atoms with Crippen molar-refractivity contribution in [2.45, 2.75) is 38.0 Å². The molecule has 1 aromatic heterocycles. The van der Waals surface area contributed by atoms with E-state index in [-0.39, 0.29) is 17.2 Å². The van der Waals surface area contributed by atoms with E-state index in [2.05, 4.69) is 59.8 Å². The third-order valence-electron chi connectivity index (χ3n) is 4.52. The fourth-order valence-electron chi connectivity index (χ4n) is 3.56. The molecule has 1 aliphatic heterocycles. The monoisotopic (exact) mass is 324 g/mol. The molecule has 2 heterocycles. The van der Waals surface area contributed by atoms with Crippen LogP contribution in [0.1, 0.15) is 31.5 Å². The lowest BCUT2D eigenvalue weighted by Gasteiger charge is -2.35. The van der Waals surface area contributed by atoms with Gasteiger partial charge >= 0.3 is 0 Å². The maximum Gasteiger partial charge on any atom is 0.0547 e. The van der Waals surface area contributed by atoms with E-state index in [4.69, 9.17) is 0 Å². The highest BCUT2D eigenvalue weighted by Gasteiger charge is 2.36. The molecule has 0 fully saturated rings. The van der Waals surface area contributed by atoms with Gasteiger partial charge in [-0.15, -0.1) is 24.2 Å². The molecule has 0 saturated carbocycles. The first kappa shape index (κ1) is 16.7. The Morgan fingerprint density at radius 2 is 2.10 bits per heavy atom. The van der Waals surface area contributed by atoms with Gasteiger partial charge in [-0.3, -0.25) is 0 Å². The first-order valence-electron chi connectivity index (χ1n) is 7.60. The molecule has 0 amide bonds. The van der Waals surface area contributed by atoms with Crippen LogP contribution in [-0.2, 0) is 17.7 Å². The zero-order valence-electron chi connectivity index (χ0n) is 13.1. The number of aryl methyl sites for hydroxylation is 2. The van der Waals surface area contributed by atoms with Crippen LogP contribution in [0.2, 0.25) is 0 Å². The first-order chi connectivity index (χ1) is 9.71. The van der Waals surface area contributed by atoms with Crippen LogP contribution in [0.15, 0.2) is 24.3 Å². The lowest BCUT2D eigenvalue weighted by atomic mass is 9.95. The zero-order valence-corrected chi connectivity index (χ0v) is 14.7. The van der Waals surface area contributed by atoms with E-state index in [9.17, 15) is 0 Å². The summed E-state index contributed by atoms with van der Waals surface area (Å²) in [4.78, 5) is 0. The normalized spacial score (nSPS) is 21.1. The largest absolute Gasteiger partial charge is 0.343 e. The van der Waals surface area contributed by atoms with E-state index in [0.717, 1.165) is 13.1 Å². The minimum Gasteiger partial charge on any atom is -0.343 e. The Bertz CT molecular complexity index is 590. The minimum atomic E-state index is 0. The third-order valence-corrected chi connectivity index (χ3v) is 5.96. The smallest absolute Gasteiger partial charge is 0.0547 e. The van der Waals surface area contributed by atoms with Crippen molar-refractivity contribution in [3.05, 3.63) is 35.5 Å². The Balaban J connectivity index is 0.00000161. The highest BCUT2D eigenvalue weighted by Crippen LogP contribution is 2.48. The predicted molar refractivity (Wildman–Crippen MR) is 96.9 cm³/mol. The molecule has 0 bridgehead atoms. The molecule has 1 aliphatic rings. The Labute approximate surface area is 138 Å². The number of benzene rings is 1. The Kier molecular flexibility index (Phi) is 5.29. The molecule has 1 atom stereocenters. The number of thioether (sulfide) groups is 1. The fraction of sp³-hybridized carbons (Fsp3) is 0.529. The number of hydrogen-bond acceptors (Lipinski definition) is 2. The van der Waals surface area contributed by atoms with Crippen molar-refractivity contribution >= 4 is 35.1 Å². The zero-order chi connectivity index (χ0) is 14.2. The summed E-state index contributed by atoms with van der Waals surface area (Å²) in [6.07, 6.45) is 2.40. The van der Waals surface area contributed by atoms with Crippen LogP contribution in [0.3, 0.4) is 0 Å². The number of fused-ring (bicyclic) bond motifs is 3. The molecular weight excluding hydrogens is 300 g/mol. The molecule has 0 radical (unpaired) electrons. The summed E-state index contributed by atoms with van der Waals surface area (Å²) in [5.74, 6) is 1.24. The lowest BCUT2D eigenvalue weighted by Crippen LogP contribution is -2.30. The van der Waals surface area contributed by atoms with E-state index in [0.29, 0.717) is 0 Å². The van der Waals surface area contributed by atoms with Gasteiger partial charge in [0.15, 0.2) is 0 Å². The summed E-state index contributed by atoms with van der Waals surface area (Å²) in [6.45, 7) is 6.84. The Morgan fingerprint density at radius 1 is 1.33 bits per heavy atom. The summed E-state index contributed by atoms with van der Waals surface area (Å²) < 4.78 is 2.79. The van der Waals surface area contributed by atoms with Gasteiger partial charge in [-0.25, -0.2) is 0 Å². The SMILES string of the molecule is CCn1c2c(c3ccccc31)CCSC2(C)CCNC.Cl. The molecule has 0 saturated heterocycles. The number of halogens is 1. The molecule has 4 heteroatoms. The Morgan fingerprint density at radius 3 is 2.81 bits per heavy atom. The molecule has 3 rings (SSSR count). The predicted octanol–water partition coefficient (Wildman–Crippen LogP) is 4.20. The second kappa shape index (κ2) is 6.64. The third kappa shape index (κ3) is 2.71. The molecule has 2 aromatic rings. The highest BCUT2D eigenvalue weighted by atomic mass is 35.5. The fourth-order valence-corrected chi connectivity index (χ4v) is 4.94. The number of aromatic nitrogens is 1. The van der Waals surface area contributed by atoms with Gasteiger partial charge in [-0.05, 0) is 57.7 Å². The van der Waals surface area contributed by atoms with Crippen LogP contribution < -0.4 is 5.32 Å². The van der Waals surface area contributed by atoms with Gasteiger partial charge in [0, 0.05) is 23.1 Å². The molecule has 0 aliphatic carbocycles. The summed E-state index contributed by atoms with van der Waals surface area (Å²) in [6, 6.07) is 8.92. The summed E-state index contributed by atoms with van der Waals surface area (Å²) in [5.41, 5.74) is 4.59. The van der Waals surface area contributed by atoms with Gasteiger partial charge in [-0.1, -0.05) is 18.2 Å². The van der Waals surface area contributed by atoms with Gasteiger partial charge in [0.25, 0.3) is 0 Å². The van der Waals surface area contributed by atoms with E-state index < -0.39 is 0 Å². The van der Waals surface area contributed by atoms with Crippen molar-refractivity contribution in [3.8, 4) is 0 Å². The molecular formula is C17H25ClN2S. The van der Waals surface area contributed by atoms with Crippen molar-refractivity contribution in [1.29, 1.82) is 0 Å². The quantitative estimate of drug-likeness (QED) is 0.908. The lowest BCUT2D eigenvalue weighted by molar-refractivity contribution is 0.538. The Hall–Kier alpha value is -0.640. The molecule has 116 valence electrons. The molecule has 1 aromatic carbocycles. The molecule has 21 heavy (non-hydrogen) atoms. The summed E-state index contributed by atoms with van der Waals surface area (Å²) in [7, 11) is 2.05. The highest BCUT2D eigenvalue weighted by molar-refractivity contribution is 8.00. The number of nitrogens with zero attached hydrogens (tertiary/aromatic N) is 1. The maximum absolute atomic E-state index is 3.32. The number of rotatable bonds is 4. The van der Waals surface area contributed by atoms with Crippen molar-refractivity contribution in [2.24, 2.45) is 0 Å². The second-order valence-corrected chi connectivity index (χ2v) is 7.37. The summed E-state index contributed by atoms with van der Waals surface area (Å²) in [5, 5.41) is 4.79. The van der Waals surface area contributed by atoms with Gasteiger partial charge in [0.05, 0.1) is 4.75 Å². The number of para-hydroxylation sites is 1. The first-order valence-corrected chi connectivity index (χ1v) is 8.59. The average molecular weight is 325 g/mol. The van der Waals surface area contributed by atoms with Crippen LogP contribution in [0, 0.1) is 0 Å². The average Bonchev–Trinajstić information content (AvgIpc) is 2.81. The maximum atomic E-state index is 3.32. The van der Waals surface area contributed by atoms with Crippen LogP contribution in [-0.4, -0.2) is 23.9 Å². The topological polar surface area (TPSA) is 17.0 Å². The van der Waals surface area contributed by atoms with Crippen LogP contribution in [0.25, 0.3) is 10.9 Å². The van der Waals surface area contributed by atoms with Crippen molar-refractivity contribution in [3.63, 3.8) is 0 Å². The standard InChI is InChI=1S/C17H24N2S.ClH/c1-4-19-15-8-6-5-7-13(15)14-9-12-20-17(2,16(14)19)10-11-18-3;/h5-8,18H,4,9-12H2,1-3H3;1H. The molecule has 1 N–H and O–H groups in total. The van der Waals surface area contributed by atoms with Crippen LogP contribution in [0.5, 0.6) is 0 Å². The molecule has 2 nitrogen and oxygen atoms in total. The van der Waals surface area contributed by atoms with Gasteiger partial charge in [-0.2, -0.15) is 0 Å². The number of hydrogen-bond donors (Lipinski definition) is 1. The van der Waals surface area contributed by atoms with Crippen molar-refractivity contribution in [2.75, 3.05) is 19.3 Å². The van der Waals surface area contributed by atoms with Crippen molar-refractivity contribution in [1.82, 2.24) is 9.88 Å². The van der Waals surface area contributed by atoms with E-state index in [1.54, 1.807) is 11.3 Å². The van der Waals surface area contributed by atoms with Gasteiger partial charge in [0.1, 0.15) is 0 Å². The number of nitrogens with one attached hydrogen (secondary N) is 1. The molecule has 0 spiro atoms. The van der Waals surface area contributed by atoms with Crippen LogP contribution in [0.4, 0.5) is 0 Å². The van der Waals surface area contributed by atoms with E-state index in [1.807, 2.05) is 7.05 Å². The van der Waals surface area contributed by atoms with Gasteiger partial charge < -0.3 is 9.88 Å². The second-order valence-electron chi connectivity index (χ2n) is 5.77. The summed E-state index contributed by atoms with van der Waals surface area (Å²) >= 11 is 2.13. The molecule has 1 unspecified atom stereocenters. The van der Waals surface area contributed by atoms with Crippen molar-refractivity contribution < 1.29 is 0 Å².